The summed E-state index contributed by atoms with van der Waals surface area (Å²) in [6.45, 7) is 3.71. The van der Waals surface area contributed by atoms with Crippen molar-refractivity contribution in [1.82, 2.24) is 14.1 Å². The van der Waals surface area contributed by atoms with Crippen molar-refractivity contribution in [3.05, 3.63) is 33.9 Å². The second-order valence-electron chi connectivity index (χ2n) is 4.65. The van der Waals surface area contributed by atoms with E-state index in [1.807, 2.05) is 6.07 Å². The highest BCUT2D eigenvalue weighted by Crippen LogP contribution is 2.35. The molecule has 0 saturated heterocycles. The fourth-order valence-corrected chi connectivity index (χ4v) is 2.43. The molecule has 0 aliphatic carbocycles. The highest BCUT2D eigenvalue weighted by Gasteiger charge is 2.32. The molecule has 0 saturated carbocycles. The molecule has 0 bridgehead atoms. The van der Waals surface area contributed by atoms with E-state index in [4.69, 9.17) is 10.00 Å². The molecular weight excluding hydrogens is 302 g/mol. The Balaban J connectivity index is 2.78. The number of aryl methyl sites for hydroxylation is 1. The number of nitrogens with zero attached hydrogens (tertiary/aromatic N) is 5. The number of imidazole rings is 1. The van der Waals surface area contributed by atoms with Crippen molar-refractivity contribution in [2.24, 2.45) is 7.05 Å². The number of esters is 1. The molecule has 2 aromatic heterocycles. The van der Waals surface area contributed by atoms with Crippen molar-refractivity contribution in [3.8, 4) is 17.3 Å². The third-order valence-corrected chi connectivity index (χ3v) is 3.34. The molecule has 0 aliphatic heterocycles. The summed E-state index contributed by atoms with van der Waals surface area (Å²) >= 11 is 0. The maximum absolute atomic E-state index is 12.1. The molecule has 2 rings (SSSR count). The minimum atomic E-state index is -0.649. The smallest absolute Gasteiger partial charge is 0.378 e. The molecule has 0 aromatic carbocycles. The summed E-state index contributed by atoms with van der Waals surface area (Å²) in [5.74, 6) is -0.917. The van der Waals surface area contributed by atoms with Gasteiger partial charge in [-0.25, -0.2) is 14.3 Å². The van der Waals surface area contributed by atoms with Gasteiger partial charge in [-0.15, -0.1) is 0 Å². The SMILES string of the molecule is CCOC(=O)c1cc(-c2c(C#N)ncn2C)c([N+](=O)[O-])n1CC. The first-order valence-electron chi connectivity index (χ1n) is 6.93. The molecule has 9 heteroatoms. The lowest BCUT2D eigenvalue weighted by Crippen LogP contribution is -2.12. The summed E-state index contributed by atoms with van der Waals surface area (Å²) in [5, 5.41) is 20.7. The molecule has 0 radical (unpaired) electrons. The topological polar surface area (TPSA) is 116 Å². The molecule has 0 amide bonds. The van der Waals surface area contributed by atoms with Gasteiger partial charge in [0.15, 0.2) is 5.69 Å². The van der Waals surface area contributed by atoms with Crippen LogP contribution in [0.4, 0.5) is 5.82 Å². The minimum Gasteiger partial charge on any atom is -0.460 e. The van der Waals surface area contributed by atoms with E-state index in [-0.39, 0.29) is 41.6 Å². The number of hydrogen-bond acceptors (Lipinski definition) is 6. The zero-order chi connectivity index (χ0) is 17.1. The number of carbonyl (C=O) groups excluding carboxylic acids is 1. The average Bonchev–Trinajstić information content (AvgIpc) is 3.07. The summed E-state index contributed by atoms with van der Waals surface area (Å²) < 4.78 is 7.73. The average molecular weight is 317 g/mol. The van der Waals surface area contributed by atoms with Gasteiger partial charge in [0.25, 0.3) is 0 Å². The lowest BCUT2D eigenvalue weighted by Gasteiger charge is -2.04. The van der Waals surface area contributed by atoms with Crippen LogP contribution in [0.2, 0.25) is 0 Å². The van der Waals surface area contributed by atoms with Gasteiger partial charge in [0.2, 0.25) is 5.69 Å². The zero-order valence-electron chi connectivity index (χ0n) is 12.9. The number of hydrogen-bond donors (Lipinski definition) is 0. The number of carbonyl (C=O) groups is 1. The van der Waals surface area contributed by atoms with E-state index in [1.54, 1.807) is 20.9 Å². The third-order valence-electron chi connectivity index (χ3n) is 3.34. The number of nitro groups is 1. The van der Waals surface area contributed by atoms with E-state index in [9.17, 15) is 14.9 Å². The Kier molecular flexibility index (Phi) is 4.45. The van der Waals surface area contributed by atoms with E-state index in [0.29, 0.717) is 0 Å². The quantitative estimate of drug-likeness (QED) is 0.472. The first-order valence-corrected chi connectivity index (χ1v) is 6.93. The van der Waals surface area contributed by atoms with Gasteiger partial charge in [0.1, 0.15) is 6.07 Å². The Morgan fingerprint density at radius 2 is 2.22 bits per heavy atom. The molecule has 120 valence electrons. The number of ether oxygens (including phenoxy) is 1. The van der Waals surface area contributed by atoms with Crippen molar-refractivity contribution < 1.29 is 14.5 Å². The van der Waals surface area contributed by atoms with Gasteiger partial charge in [-0.3, -0.25) is 0 Å². The van der Waals surface area contributed by atoms with Crippen LogP contribution in [0.1, 0.15) is 30.0 Å². The second-order valence-corrected chi connectivity index (χ2v) is 4.65. The second kappa shape index (κ2) is 6.31. The summed E-state index contributed by atoms with van der Waals surface area (Å²) in [6, 6.07) is 3.27. The molecule has 23 heavy (non-hydrogen) atoms. The van der Waals surface area contributed by atoms with Gasteiger partial charge in [-0.1, -0.05) is 0 Å². The fraction of sp³-hybridized carbons (Fsp3) is 0.357. The monoisotopic (exact) mass is 317 g/mol. The first kappa shape index (κ1) is 16.2. The van der Waals surface area contributed by atoms with Crippen molar-refractivity contribution in [3.63, 3.8) is 0 Å². The molecule has 0 N–H and O–H groups in total. The fourth-order valence-electron chi connectivity index (χ4n) is 2.43. The summed E-state index contributed by atoms with van der Waals surface area (Å²) in [4.78, 5) is 26.9. The van der Waals surface area contributed by atoms with Gasteiger partial charge < -0.3 is 19.4 Å². The molecule has 0 aliphatic rings. The van der Waals surface area contributed by atoms with Crippen LogP contribution >= 0.6 is 0 Å². The number of nitriles is 1. The van der Waals surface area contributed by atoms with E-state index in [1.165, 1.54) is 21.5 Å². The molecule has 0 atom stereocenters. The Hall–Kier alpha value is -3.15. The molecule has 0 spiro atoms. The van der Waals surface area contributed by atoms with Crippen LogP contribution in [0.5, 0.6) is 0 Å². The Bertz CT molecular complexity index is 812. The molecular formula is C14H15N5O4. The van der Waals surface area contributed by atoms with Gasteiger partial charge in [-0.05, 0) is 18.8 Å². The van der Waals surface area contributed by atoms with Crippen molar-refractivity contribution >= 4 is 11.8 Å². The molecule has 0 fully saturated rings. The predicted molar refractivity (Wildman–Crippen MR) is 79.6 cm³/mol. The van der Waals surface area contributed by atoms with Gasteiger partial charge >= 0.3 is 11.8 Å². The van der Waals surface area contributed by atoms with Gasteiger partial charge in [0, 0.05) is 13.1 Å². The summed E-state index contributed by atoms with van der Waals surface area (Å²) in [6.07, 6.45) is 1.39. The number of rotatable bonds is 5. The van der Waals surface area contributed by atoms with Crippen LogP contribution in [-0.2, 0) is 18.3 Å². The summed E-state index contributed by atoms with van der Waals surface area (Å²) in [5.41, 5.74) is 0.578. The van der Waals surface area contributed by atoms with Crippen molar-refractivity contribution in [2.45, 2.75) is 20.4 Å². The van der Waals surface area contributed by atoms with E-state index < -0.39 is 10.9 Å². The minimum absolute atomic E-state index is 0.0549. The Morgan fingerprint density at radius 3 is 2.74 bits per heavy atom. The lowest BCUT2D eigenvalue weighted by atomic mass is 10.1. The predicted octanol–water partition coefficient (Wildman–Crippen LogP) is 1.87. The molecule has 2 aromatic rings. The molecule has 0 unspecified atom stereocenters. The van der Waals surface area contributed by atoms with Crippen LogP contribution in [0.15, 0.2) is 12.4 Å². The molecule has 2 heterocycles. The van der Waals surface area contributed by atoms with Gasteiger partial charge in [0.05, 0.1) is 30.7 Å². The first-order chi connectivity index (χ1) is 11.0. The third kappa shape index (κ3) is 2.66. The number of aromatic nitrogens is 3. The molecule has 9 nitrogen and oxygen atoms in total. The van der Waals surface area contributed by atoms with Crippen LogP contribution in [0.3, 0.4) is 0 Å². The van der Waals surface area contributed by atoms with Crippen molar-refractivity contribution in [2.75, 3.05) is 6.61 Å². The highest BCUT2D eigenvalue weighted by atomic mass is 16.6. The largest absolute Gasteiger partial charge is 0.460 e. The van der Waals surface area contributed by atoms with Crippen LogP contribution in [0, 0.1) is 21.4 Å². The summed E-state index contributed by atoms with van der Waals surface area (Å²) in [7, 11) is 1.63. The Labute approximate surface area is 131 Å². The van der Waals surface area contributed by atoms with E-state index in [0.717, 1.165) is 0 Å². The standard InChI is InChI=1S/C14H15N5O4/c1-4-18-11(14(20)23-5-2)6-9(13(18)19(21)22)12-10(7-15)16-8-17(12)3/h6,8H,4-5H2,1-3H3. The van der Waals surface area contributed by atoms with Crippen LogP contribution in [-0.4, -0.2) is 31.6 Å². The Morgan fingerprint density at radius 1 is 1.52 bits per heavy atom. The van der Waals surface area contributed by atoms with Crippen LogP contribution in [0.25, 0.3) is 11.3 Å². The van der Waals surface area contributed by atoms with Crippen molar-refractivity contribution in [1.29, 1.82) is 5.26 Å². The van der Waals surface area contributed by atoms with Gasteiger partial charge in [-0.2, -0.15) is 5.26 Å². The maximum Gasteiger partial charge on any atom is 0.378 e. The lowest BCUT2D eigenvalue weighted by molar-refractivity contribution is -0.391. The highest BCUT2D eigenvalue weighted by molar-refractivity contribution is 5.92. The zero-order valence-corrected chi connectivity index (χ0v) is 12.9. The maximum atomic E-state index is 12.1. The van der Waals surface area contributed by atoms with E-state index in [2.05, 4.69) is 4.98 Å². The van der Waals surface area contributed by atoms with E-state index >= 15 is 0 Å². The normalized spacial score (nSPS) is 10.3. The van der Waals surface area contributed by atoms with Crippen LogP contribution < -0.4 is 0 Å².